The minimum Gasteiger partial charge on any atom is -0.508 e. The molecule has 1 fully saturated rings. The Balaban J connectivity index is 1.14. The van der Waals surface area contributed by atoms with Crippen molar-refractivity contribution in [1.82, 2.24) is 0 Å². The van der Waals surface area contributed by atoms with E-state index in [1.165, 1.54) is 16.3 Å². The fourth-order valence-corrected chi connectivity index (χ4v) is 7.31. The molecular formula is C37H28Cl2O2. The van der Waals surface area contributed by atoms with Gasteiger partial charge < -0.3 is 10.2 Å². The molecule has 0 spiro atoms. The van der Waals surface area contributed by atoms with Crippen molar-refractivity contribution in [1.29, 1.82) is 0 Å². The van der Waals surface area contributed by atoms with Crippen LogP contribution in [0.15, 0.2) is 121 Å². The largest absolute Gasteiger partial charge is 0.508 e. The summed E-state index contributed by atoms with van der Waals surface area (Å²) < 4.78 is -0.823. The lowest BCUT2D eigenvalue weighted by molar-refractivity contribution is 0.475. The summed E-state index contributed by atoms with van der Waals surface area (Å²) in [5.74, 6) is 0.873. The molecule has 0 bridgehead atoms. The van der Waals surface area contributed by atoms with Crippen LogP contribution in [0.25, 0.3) is 43.8 Å². The highest BCUT2D eigenvalue weighted by molar-refractivity contribution is 6.52. The number of rotatable bonds is 5. The molecular weight excluding hydrogens is 547 g/mol. The SMILES string of the molecule is CC(c1ccc2cc(-c3ccc(O)cc3)ccc2c1)C1C(c2ccc3cc(-c4ccc(O)cc4)ccc3c2)C1(Cl)Cl. The smallest absolute Gasteiger partial charge is 0.129 e. The number of phenols is 2. The molecule has 1 saturated carbocycles. The predicted molar refractivity (Wildman–Crippen MR) is 171 cm³/mol. The molecule has 6 aromatic rings. The third kappa shape index (κ3) is 4.72. The first-order chi connectivity index (χ1) is 19.8. The molecule has 1 aliphatic carbocycles. The zero-order chi connectivity index (χ0) is 28.3. The van der Waals surface area contributed by atoms with Gasteiger partial charge >= 0.3 is 0 Å². The third-order valence-electron chi connectivity index (χ3n) is 8.66. The van der Waals surface area contributed by atoms with E-state index in [9.17, 15) is 10.2 Å². The highest BCUT2D eigenvalue weighted by Crippen LogP contribution is 2.69. The van der Waals surface area contributed by atoms with Crippen molar-refractivity contribution in [3.05, 3.63) is 132 Å². The first-order valence-corrected chi connectivity index (χ1v) is 14.6. The van der Waals surface area contributed by atoms with Gasteiger partial charge in [0.05, 0.1) is 0 Å². The van der Waals surface area contributed by atoms with Crippen LogP contribution < -0.4 is 0 Å². The van der Waals surface area contributed by atoms with Gasteiger partial charge in [-0.25, -0.2) is 0 Å². The number of hydrogen-bond donors (Lipinski definition) is 2. The number of aromatic hydroxyl groups is 2. The van der Waals surface area contributed by atoms with Gasteiger partial charge in [-0.2, -0.15) is 0 Å². The molecule has 7 rings (SSSR count). The van der Waals surface area contributed by atoms with Crippen LogP contribution in [0.2, 0.25) is 0 Å². The Morgan fingerprint density at radius 2 is 0.976 bits per heavy atom. The summed E-state index contributed by atoms with van der Waals surface area (Å²) in [6, 6.07) is 40.6. The summed E-state index contributed by atoms with van der Waals surface area (Å²) in [5, 5.41) is 23.9. The number of benzene rings is 6. The molecule has 3 atom stereocenters. The average Bonchev–Trinajstić information content (AvgIpc) is 3.57. The van der Waals surface area contributed by atoms with Gasteiger partial charge in [-0.3, -0.25) is 0 Å². The van der Waals surface area contributed by atoms with Crippen LogP contribution in [0.1, 0.15) is 29.9 Å². The second-order valence-corrected chi connectivity index (χ2v) is 12.6. The number of halogens is 2. The fourth-order valence-electron chi connectivity index (χ4n) is 6.28. The second kappa shape index (κ2) is 9.83. The second-order valence-electron chi connectivity index (χ2n) is 11.2. The Hall–Kier alpha value is -3.98. The lowest BCUT2D eigenvalue weighted by atomic mass is 9.90. The van der Waals surface area contributed by atoms with E-state index in [2.05, 4.69) is 79.7 Å². The number of fused-ring (bicyclic) bond motifs is 2. The van der Waals surface area contributed by atoms with Crippen molar-refractivity contribution < 1.29 is 10.2 Å². The number of phenolic OH excluding ortho intramolecular Hbond substituents is 2. The molecule has 1 aliphatic rings. The summed E-state index contributed by atoms with van der Waals surface area (Å²) in [7, 11) is 0. The van der Waals surface area contributed by atoms with Crippen LogP contribution in [0.3, 0.4) is 0 Å². The van der Waals surface area contributed by atoms with Crippen molar-refractivity contribution in [2.75, 3.05) is 0 Å². The summed E-state index contributed by atoms with van der Waals surface area (Å²) >= 11 is 13.9. The van der Waals surface area contributed by atoms with E-state index >= 15 is 0 Å². The van der Waals surface area contributed by atoms with Gasteiger partial charge in [0, 0.05) is 11.8 Å². The van der Waals surface area contributed by atoms with E-state index in [1.54, 1.807) is 24.3 Å². The summed E-state index contributed by atoms with van der Waals surface area (Å²) in [6.45, 7) is 2.22. The van der Waals surface area contributed by atoms with Crippen LogP contribution in [-0.4, -0.2) is 14.5 Å². The minimum absolute atomic E-state index is 0.0505. The summed E-state index contributed by atoms with van der Waals surface area (Å²) in [6.07, 6.45) is 0. The van der Waals surface area contributed by atoms with Gasteiger partial charge in [0.1, 0.15) is 15.8 Å². The molecule has 3 unspecified atom stereocenters. The molecule has 2 N–H and O–H groups in total. The molecule has 0 amide bonds. The van der Waals surface area contributed by atoms with Gasteiger partial charge in [0.2, 0.25) is 0 Å². The fraction of sp³-hybridized carbons (Fsp3) is 0.135. The molecule has 4 heteroatoms. The lowest BCUT2D eigenvalue weighted by Crippen LogP contribution is -2.01. The summed E-state index contributed by atoms with van der Waals surface area (Å²) in [4.78, 5) is 0. The van der Waals surface area contributed by atoms with Crippen molar-refractivity contribution in [3.8, 4) is 33.8 Å². The molecule has 41 heavy (non-hydrogen) atoms. The highest BCUT2D eigenvalue weighted by Gasteiger charge is 2.65. The molecule has 202 valence electrons. The molecule has 0 saturated heterocycles. The van der Waals surface area contributed by atoms with Gasteiger partial charge in [-0.05, 0) is 97.2 Å². The monoisotopic (exact) mass is 574 g/mol. The predicted octanol–water partition coefficient (Wildman–Crippen LogP) is 10.4. The maximum atomic E-state index is 9.61. The van der Waals surface area contributed by atoms with Gasteiger partial charge in [0.15, 0.2) is 0 Å². The maximum Gasteiger partial charge on any atom is 0.129 e. The molecule has 0 aromatic heterocycles. The van der Waals surface area contributed by atoms with E-state index in [-0.39, 0.29) is 29.3 Å². The number of hydrogen-bond acceptors (Lipinski definition) is 2. The van der Waals surface area contributed by atoms with E-state index in [4.69, 9.17) is 23.2 Å². The molecule has 0 radical (unpaired) electrons. The number of alkyl halides is 2. The zero-order valence-electron chi connectivity index (χ0n) is 22.4. The Labute approximate surface area is 249 Å². The average molecular weight is 576 g/mol. The first-order valence-electron chi connectivity index (χ1n) is 13.8. The van der Waals surface area contributed by atoms with Crippen LogP contribution in [0, 0.1) is 5.92 Å². The van der Waals surface area contributed by atoms with E-state index in [0.29, 0.717) is 0 Å². The zero-order valence-corrected chi connectivity index (χ0v) is 23.9. The van der Waals surface area contributed by atoms with Crippen LogP contribution in [0.5, 0.6) is 11.5 Å². The van der Waals surface area contributed by atoms with E-state index < -0.39 is 4.33 Å². The van der Waals surface area contributed by atoms with Crippen LogP contribution in [-0.2, 0) is 0 Å². The van der Waals surface area contributed by atoms with Crippen molar-refractivity contribution in [2.24, 2.45) is 5.92 Å². The standard InChI is InChI=1S/C37H28Cl2O2/c1-22(25-2-3-29-19-26(4-6-28(29)18-25)23-10-14-33(40)15-11-23)35-36(37(35,38)39)32-9-8-30-20-27(5-7-31(30)21-32)24-12-16-34(41)17-13-24/h2-22,35-36,40-41H,1H3. The normalized spacial score (nSPS) is 18.4. The highest BCUT2D eigenvalue weighted by atomic mass is 35.5. The van der Waals surface area contributed by atoms with Crippen molar-refractivity contribution >= 4 is 44.7 Å². The Bertz CT molecular complexity index is 1910. The molecule has 0 heterocycles. The topological polar surface area (TPSA) is 40.5 Å². The summed E-state index contributed by atoms with van der Waals surface area (Å²) in [5.41, 5.74) is 6.76. The molecule has 2 nitrogen and oxygen atoms in total. The Morgan fingerprint density at radius 1 is 0.537 bits per heavy atom. The van der Waals surface area contributed by atoms with Crippen LogP contribution >= 0.6 is 23.2 Å². The Morgan fingerprint density at radius 3 is 1.54 bits per heavy atom. The quantitative estimate of drug-likeness (QED) is 0.201. The van der Waals surface area contributed by atoms with Gasteiger partial charge in [-0.1, -0.05) is 91.9 Å². The van der Waals surface area contributed by atoms with E-state index in [0.717, 1.165) is 38.6 Å². The van der Waals surface area contributed by atoms with E-state index in [1.807, 2.05) is 24.3 Å². The maximum absolute atomic E-state index is 9.61. The van der Waals surface area contributed by atoms with Gasteiger partial charge in [0.25, 0.3) is 0 Å². The van der Waals surface area contributed by atoms with Gasteiger partial charge in [-0.15, -0.1) is 23.2 Å². The Kier molecular flexibility index (Phi) is 6.23. The third-order valence-corrected chi connectivity index (χ3v) is 9.64. The molecule has 6 aromatic carbocycles. The lowest BCUT2D eigenvalue weighted by Gasteiger charge is -2.14. The van der Waals surface area contributed by atoms with Crippen molar-refractivity contribution in [2.45, 2.75) is 23.1 Å². The van der Waals surface area contributed by atoms with Crippen molar-refractivity contribution in [3.63, 3.8) is 0 Å². The van der Waals surface area contributed by atoms with Crippen LogP contribution in [0.4, 0.5) is 0 Å². The molecule has 0 aliphatic heterocycles. The minimum atomic E-state index is -0.823. The first kappa shape index (κ1) is 26.0.